The Hall–Kier alpha value is -1.90. The van der Waals surface area contributed by atoms with Crippen LogP contribution in [0.3, 0.4) is 0 Å². The first kappa shape index (κ1) is 19.9. The van der Waals surface area contributed by atoms with Gasteiger partial charge in [0.25, 0.3) is 0 Å². The van der Waals surface area contributed by atoms with E-state index < -0.39 is 0 Å². The highest BCUT2D eigenvalue weighted by Crippen LogP contribution is 2.40. The van der Waals surface area contributed by atoms with E-state index in [9.17, 15) is 0 Å². The largest absolute Gasteiger partial charge is 0.0827 e. The average Bonchev–Trinajstić information content (AvgIpc) is 2.66. The second-order valence-corrected chi connectivity index (χ2v) is 9.60. The molecule has 0 fully saturated rings. The summed E-state index contributed by atoms with van der Waals surface area (Å²) < 4.78 is 1.28. The fourth-order valence-electron chi connectivity index (χ4n) is 2.64. The standard InChI is InChI=1S/C25H26S2/c1-18(2)22-11-9-21(10-12-22)17-25(26-23-13-5-19(3)6-14-23)27-24-15-7-20(4)8-16-24/h5-18H,1-4H3. The van der Waals surface area contributed by atoms with Crippen molar-refractivity contribution in [3.8, 4) is 0 Å². The lowest BCUT2D eigenvalue weighted by Gasteiger charge is -2.09. The van der Waals surface area contributed by atoms with Gasteiger partial charge < -0.3 is 0 Å². The van der Waals surface area contributed by atoms with Crippen molar-refractivity contribution in [1.82, 2.24) is 0 Å². The molecule has 0 saturated carbocycles. The number of hydrogen-bond donors (Lipinski definition) is 0. The van der Waals surface area contributed by atoms with Gasteiger partial charge in [-0.25, -0.2) is 0 Å². The van der Waals surface area contributed by atoms with Crippen LogP contribution >= 0.6 is 23.5 Å². The predicted molar refractivity (Wildman–Crippen MR) is 123 cm³/mol. The number of hydrogen-bond acceptors (Lipinski definition) is 2. The lowest BCUT2D eigenvalue weighted by Crippen LogP contribution is -1.86. The van der Waals surface area contributed by atoms with Gasteiger partial charge in [0.15, 0.2) is 0 Å². The van der Waals surface area contributed by atoms with Crippen molar-refractivity contribution in [1.29, 1.82) is 0 Å². The maximum absolute atomic E-state index is 2.29. The van der Waals surface area contributed by atoms with E-state index in [4.69, 9.17) is 0 Å². The van der Waals surface area contributed by atoms with E-state index in [-0.39, 0.29) is 0 Å². The number of aryl methyl sites for hydroxylation is 2. The molecular formula is C25H26S2. The Labute approximate surface area is 172 Å². The smallest absolute Gasteiger partial charge is 0.0504 e. The zero-order valence-electron chi connectivity index (χ0n) is 16.4. The molecule has 3 aromatic carbocycles. The average molecular weight is 391 g/mol. The van der Waals surface area contributed by atoms with Crippen molar-refractivity contribution in [3.05, 3.63) is 99.3 Å². The predicted octanol–water partition coefficient (Wildman–Crippen LogP) is 8.31. The topological polar surface area (TPSA) is 0 Å². The van der Waals surface area contributed by atoms with Gasteiger partial charge in [0, 0.05) is 9.79 Å². The van der Waals surface area contributed by atoms with Gasteiger partial charge in [0.2, 0.25) is 0 Å². The summed E-state index contributed by atoms with van der Waals surface area (Å²) in [5.74, 6) is 0.561. The van der Waals surface area contributed by atoms with E-state index in [2.05, 4.69) is 107 Å². The lowest BCUT2D eigenvalue weighted by atomic mass is 10.0. The number of thioether (sulfide) groups is 2. The highest BCUT2D eigenvalue weighted by molar-refractivity contribution is 8.22. The molecule has 0 spiro atoms. The van der Waals surface area contributed by atoms with Crippen molar-refractivity contribution < 1.29 is 0 Å². The zero-order valence-corrected chi connectivity index (χ0v) is 18.0. The molecule has 0 aliphatic rings. The Morgan fingerprint density at radius 2 is 1.11 bits per heavy atom. The summed E-state index contributed by atoms with van der Waals surface area (Å²) in [6.07, 6.45) is 2.29. The molecule has 0 heterocycles. The molecule has 0 nitrogen and oxygen atoms in total. The van der Waals surface area contributed by atoms with Crippen molar-refractivity contribution in [3.63, 3.8) is 0 Å². The Morgan fingerprint density at radius 3 is 1.52 bits per heavy atom. The van der Waals surface area contributed by atoms with Crippen molar-refractivity contribution in [2.75, 3.05) is 0 Å². The van der Waals surface area contributed by atoms with Crippen LogP contribution in [0.5, 0.6) is 0 Å². The summed E-state index contributed by atoms with van der Waals surface area (Å²) in [6, 6.07) is 26.4. The first-order valence-corrected chi connectivity index (χ1v) is 10.9. The third kappa shape index (κ3) is 6.05. The van der Waals surface area contributed by atoms with Crippen LogP contribution in [0.25, 0.3) is 6.08 Å². The van der Waals surface area contributed by atoms with Crippen molar-refractivity contribution >= 4 is 29.6 Å². The van der Waals surface area contributed by atoms with Crippen LogP contribution in [0.4, 0.5) is 0 Å². The van der Waals surface area contributed by atoms with E-state index >= 15 is 0 Å². The molecule has 0 saturated heterocycles. The molecule has 0 aliphatic carbocycles. The van der Waals surface area contributed by atoms with Crippen LogP contribution in [0.1, 0.15) is 42.0 Å². The van der Waals surface area contributed by atoms with Gasteiger partial charge >= 0.3 is 0 Å². The molecule has 0 aliphatic heterocycles. The van der Waals surface area contributed by atoms with Crippen LogP contribution in [0.2, 0.25) is 0 Å². The summed E-state index contributed by atoms with van der Waals surface area (Å²) in [7, 11) is 0. The fourth-order valence-corrected chi connectivity index (χ4v) is 4.78. The van der Waals surface area contributed by atoms with E-state index in [1.54, 1.807) is 0 Å². The highest BCUT2D eigenvalue weighted by Gasteiger charge is 2.06. The van der Waals surface area contributed by atoms with Gasteiger partial charge in [-0.15, -0.1) is 0 Å². The van der Waals surface area contributed by atoms with Crippen LogP contribution in [-0.2, 0) is 0 Å². The quantitative estimate of drug-likeness (QED) is 0.388. The maximum Gasteiger partial charge on any atom is 0.0504 e. The molecule has 27 heavy (non-hydrogen) atoms. The summed E-state index contributed by atoms with van der Waals surface area (Å²) in [5, 5.41) is 0. The van der Waals surface area contributed by atoms with Gasteiger partial charge in [0.1, 0.15) is 0 Å². The summed E-state index contributed by atoms with van der Waals surface area (Å²) in [6.45, 7) is 8.72. The van der Waals surface area contributed by atoms with Gasteiger partial charge in [-0.3, -0.25) is 0 Å². The lowest BCUT2D eigenvalue weighted by molar-refractivity contribution is 0.866. The Bertz CT molecular complexity index is 837. The molecule has 0 radical (unpaired) electrons. The summed E-state index contributed by atoms with van der Waals surface area (Å²) in [4.78, 5) is 2.54. The molecule has 0 amide bonds. The number of rotatable bonds is 6. The fraction of sp³-hybridized carbons (Fsp3) is 0.200. The van der Waals surface area contributed by atoms with E-state index in [0.717, 1.165) is 0 Å². The van der Waals surface area contributed by atoms with Gasteiger partial charge in [-0.05, 0) is 61.2 Å². The zero-order chi connectivity index (χ0) is 19.2. The molecule has 0 N–H and O–H groups in total. The molecule has 2 heteroatoms. The van der Waals surface area contributed by atoms with E-state index in [1.807, 2.05) is 23.5 Å². The summed E-state index contributed by atoms with van der Waals surface area (Å²) >= 11 is 3.65. The molecule has 138 valence electrons. The Kier molecular flexibility index (Phi) is 6.87. The van der Waals surface area contributed by atoms with E-state index in [0.29, 0.717) is 5.92 Å². The minimum atomic E-state index is 0.561. The Balaban J connectivity index is 1.87. The molecule has 0 unspecified atom stereocenters. The molecule has 0 bridgehead atoms. The second-order valence-electron chi connectivity index (χ2n) is 7.11. The first-order chi connectivity index (χ1) is 13.0. The highest BCUT2D eigenvalue weighted by atomic mass is 32.2. The monoisotopic (exact) mass is 390 g/mol. The SMILES string of the molecule is Cc1ccc(SC(=Cc2ccc(C(C)C)cc2)Sc2ccc(C)cc2)cc1. The molecular weight excluding hydrogens is 364 g/mol. The Morgan fingerprint density at radius 1 is 0.667 bits per heavy atom. The van der Waals surface area contributed by atoms with Gasteiger partial charge in [0.05, 0.1) is 4.24 Å². The summed E-state index contributed by atoms with van der Waals surface area (Å²) in [5.41, 5.74) is 5.21. The van der Waals surface area contributed by atoms with Gasteiger partial charge in [-0.1, -0.05) is 97.0 Å². The van der Waals surface area contributed by atoms with Crippen molar-refractivity contribution in [2.24, 2.45) is 0 Å². The van der Waals surface area contributed by atoms with Gasteiger partial charge in [-0.2, -0.15) is 0 Å². The molecule has 0 aromatic heterocycles. The maximum atomic E-state index is 2.29. The number of benzene rings is 3. The van der Waals surface area contributed by atoms with Crippen LogP contribution in [0, 0.1) is 13.8 Å². The molecule has 3 rings (SSSR count). The van der Waals surface area contributed by atoms with Crippen molar-refractivity contribution in [2.45, 2.75) is 43.4 Å². The minimum absolute atomic E-state index is 0.561. The van der Waals surface area contributed by atoms with Crippen LogP contribution in [0.15, 0.2) is 86.8 Å². The van der Waals surface area contributed by atoms with Crippen LogP contribution < -0.4 is 0 Å². The van der Waals surface area contributed by atoms with Crippen LogP contribution in [-0.4, -0.2) is 0 Å². The minimum Gasteiger partial charge on any atom is -0.0827 e. The van der Waals surface area contributed by atoms with E-state index in [1.165, 1.54) is 36.3 Å². The normalized spacial score (nSPS) is 10.9. The third-order valence-corrected chi connectivity index (χ3v) is 6.52. The second kappa shape index (κ2) is 9.34. The first-order valence-electron chi connectivity index (χ1n) is 9.30. The third-order valence-electron chi connectivity index (χ3n) is 4.37. The molecule has 3 aromatic rings. The molecule has 0 atom stereocenters.